The molecular weight excluding hydrogens is 428 g/mol. The Hall–Kier alpha value is -3.30. The Morgan fingerprint density at radius 1 is 1.16 bits per heavy atom. The maximum atomic E-state index is 13.2. The molecule has 0 atom stereocenters. The van der Waals surface area contributed by atoms with Crippen LogP contribution in [0.3, 0.4) is 0 Å². The maximum Gasteiger partial charge on any atom is 0.269 e. The zero-order valence-corrected chi connectivity index (χ0v) is 19.2. The number of hydrogen-bond acceptors (Lipinski definition) is 7. The number of likely N-dealkylation sites (N-methyl/N-ethyl adjacent to an activating group) is 1. The molecule has 1 amide bonds. The number of non-ortho nitro benzene ring substituents is 1. The number of ether oxygens (including phenoxy) is 1. The molecule has 0 fully saturated rings. The molecule has 0 spiro atoms. The van der Waals surface area contributed by atoms with Gasteiger partial charge in [0.1, 0.15) is 11.3 Å². The highest BCUT2D eigenvalue weighted by Crippen LogP contribution is 2.34. The summed E-state index contributed by atoms with van der Waals surface area (Å²) in [7, 11) is 1.60. The molecule has 3 rings (SSSR count). The van der Waals surface area contributed by atoms with Gasteiger partial charge in [-0.2, -0.15) is 0 Å². The van der Waals surface area contributed by atoms with E-state index in [2.05, 4.69) is 18.7 Å². The molecule has 0 bridgehead atoms. The first-order chi connectivity index (χ1) is 15.5. The van der Waals surface area contributed by atoms with E-state index in [1.165, 1.54) is 29.5 Å². The van der Waals surface area contributed by atoms with Gasteiger partial charge in [-0.05, 0) is 49.0 Å². The van der Waals surface area contributed by atoms with Crippen LogP contribution < -0.4 is 9.64 Å². The minimum absolute atomic E-state index is 0.0118. The number of anilines is 1. The van der Waals surface area contributed by atoms with Crippen LogP contribution in [0.5, 0.6) is 5.75 Å². The van der Waals surface area contributed by atoms with Crippen LogP contribution >= 0.6 is 11.3 Å². The number of rotatable bonds is 10. The standard InChI is InChI=1S/C23H26N4O4S/c1-4-25(5-2)15-16-26(23-24-22-19(31-3)7-6-8-20(22)32-23)21(28)14-11-17-9-12-18(13-10-17)27(29)30/h6-14H,4-5,15-16H2,1-3H3. The number of carbonyl (C=O) groups excluding carboxylic acids is 1. The van der Waals surface area contributed by atoms with Crippen molar-refractivity contribution >= 4 is 44.4 Å². The highest BCUT2D eigenvalue weighted by molar-refractivity contribution is 7.22. The molecule has 9 heteroatoms. The second-order valence-corrected chi connectivity index (χ2v) is 8.01. The molecule has 32 heavy (non-hydrogen) atoms. The second kappa shape index (κ2) is 10.8. The van der Waals surface area contributed by atoms with Gasteiger partial charge in [0.2, 0.25) is 0 Å². The summed E-state index contributed by atoms with van der Waals surface area (Å²) in [5, 5.41) is 11.4. The lowest BCUT2D eigenvalue weighted by atomic mass is 10.2. The minimum Gasteiger partial charge on any atom is -0.494 e. The monoisotopic (exact) mass is 454 g/mol. The van der Waals surface area contributed by atoms with Gasteiger partial charge < -0.3 is 9.64 Å². The quantitative estimate of drug-likeness (QED) is 0.253. The Kier molecular flexibility index (Phi) is 7.91. The van der Waals surface area contributed by atoms with Crippen molar-refractivity contribution in [1.29, 1.82) is 0 Å². The third kappa shape index (κ3) is 5.49. The summed E-state index contributed by atoms with van der Waals surface area (Å²) in [6.45, 7) is 7.18. The van der Waals surface area contributed by atoms with Crippen LogP contribution in [0.25, 0.3) is 16.3 Å². The van der Waals surface area contributed by atoms with E-state index in [0.29, 0.717) is 23.0 Å². The van der Waals surface area contributed by atoms with Crippen LogP contribution in [0.2, 0.25) is 0 Å². The van der Waals surface area contributed by atoms with Crippen molar-refractivity contribution in [3.05, 3.63) is 64.2 Å². The van der Waals surface area contributed by atoms with Crippen LogP contribution in [-0.4, -0.2) is 54.0 Å². The number of nitrogens with zero attached hydrogens (tertiary/aromatic N) is 4. The molecule has 0 aliphatic rings. The fourth-order valence-corrected chi connectivity index (χ4v) is 4.25. The Morgan fingerprint density at radius 3 is 2.50 bits per heavy atom. The summed E-state index contributed by atoms with van der Waals surface area (Å²) >= 11 is 1.44. The van der Waals surface area contributed by atoms with Gasteiger partial charge in [-0.25, -0.2) is 4.98 Å². The lowest BCUT2D eigenvalue weighted by Crippen LogP contribution is -2.38. The van der Waals surface area contributed by atoms with Crippen LogP contribution in [0.1, 0.15) is 19.4 Å². The molecular formula is C23H26N4O4S. The van der Waals surface area contributed by atoms with E-state index in [4.69, 9.17) is 9.72 Å². The van der Waals surface area contributed by atoms with Gasteiger partial charge in [0.05, 0.1) is 16.7 Å². The molecule has 3 aromatic rings. The van der Waals surface area contributed by atoms with Gasteiger partial charge in [-0.15, -0.1) is 0 Å². The summed E-state index contributed by atoms with van der Waals surface area (Å²) in [5.41, 5.74) is 1.45. The predicted octanol–water partition coefficient (Wildman–Crippen LogP) is 4.60. The topological polar surface area (TPSA) is 88.8 Å². The summed E-state index contributed by atoms with van der Waals surface area (Å²) in [6, 6.07) is 11.8. The third-order valence-electron chi connectivity index (χ3n) is 5.14. The first-order valence-corrected chi connectivity index (χ1v) is 11.2. The van der Waals surface area contributed by atoms with Gasteiger partial charge in [0.25, 0.3) is 11.6 Å². The Balaban J connectivity index is 1.88. The van der Waals surface area contributed by atoms with Crippen molar-refractivity contribution < 1.29 is 14.5 Å². The normalized spacial score (nSPS) is 11.4. The molecule has 2 aromatic carbocycles. The van der Waals surface area contributed by atoms with E-state index in [1.54, 1.807) is 30.2 Å². The number of benzene rings is 2. The second-order valence-electron chi connectivity index (χ2n) is 7.00. The summed E-state index contributed by atoms with van der Waals surface area (Å²) in [4.78, 5) is 32.1. The summed E-state index contributed by atoms with van der Waals surface area (Å²) in [6.07, 6.45) is 3.14. The van der Waals surface area contributed by atoms with Gasteiger partial charge in [-0.3, -0.25) is 19.8 Å². The number of thiazole rings is 1. The average molecular weight is 455 g/mol. The van der Waals surface area contributed by atoms with E-state index in [-0.39, 0.29) is 11.6 Å². The average Bonchev–Trinajstić information content (AvgIpc) is 3.24. The van der Waals surface area contributed by atoms with Crippen molar-refractivity contribution in [2.75, 3.05) is 38.2 Å². The van der Waals surface area contributed by atoms with Crippen LogP contribution in [0, 0.1) is 10.1 Å². The SMILES string of the molecule is CCN(CC)CCN(C(=O)C=Cc1ccc([N+](=O)[O-])cc1)c1nc2c(OC)cccc2s1. The highest BCUT2D eigenvalue weighted by atomic mass is 32.1. The van der Waals surface area contributed by atoms with E-state index in [0.717, 1.165) is 29.9 Å². The minimum atomic E-state index is -0.449. The predicted molar refractivity (Wildman–Crippen MR) is 128 cm³/mol. The smallest absolute Gasteiger partial charge is 0.269 e. The van der Waals surface area contributed by atoms with E-state index in [1.807, 2.05) is 18.2 Å². The number of nitro benzene ring substituents is 1. The lowest BCUT2D eigenvalue weighted by Gasteiger charge is -2.23. The number of amides is 1. The zero-order valence-electron chi connectivity index (χ0n) is 18.4. The number of carbonyl (C=O) groups is 1. The fourth-order valence-electron chi connectivity index (χ4n) is 3.24. The number of nitro groups is 1. The first-order valence-electron chi connectivity index (χ1n) is 10.4. The van der Waals surface area contributed by atoms with Gasteiger partial charge in [0, 0.05) is 31.3 Å². The van der Waals surface area contributed by atoms with E-state index in [9.17, 15) is 14.9 Å². The number of fused-ring (bicyclic) bond motifs is 1. The van der Waals surface area contributed by atoms with E-state index >= 15 is 0 Å². The summed E-state index contributed by atoms with van der Waals surface area (Å²) in [5.74, 6) is 0.469. The van der Waals surface area contributed by atoms with Crippen molar-refractivity contribution in [2.45, 2.75) is 13.8 Å². The number of aromatic nitrogens is 1. The molecule has 0 aliphatic heterocycles. The zero-order chi connectivity index (χ0) is 23.1. The van der Waals surface area contributed by atoms with Gasteiger partial charge in [0.15, 0.2) is 5.13 Å². The molecule has 0 unspecified atom stereocenters. The Bertz CT molecular complexity index is 1110. The van der Waals surface area contributed by atoms with Crippen molar-refractivity contribution in [3.63, 3.8) is 0 Å². The molecule has 8 nitrogen and oxygen atoms in total. The molecule has 0 N–H and O–H groups in total. The lowest BCUT2D eigenvalue weighted by molar-refractivity contribution is -0.384. The number of hydrogen-bond donors (Lipinski definition) is 0. The number of methoxy groups -OCH3 is 1. The first kappa shape index (κ1) is 23.4. The highest BCUT2D eigenvalue weighted by Gasteiger charge is 2.20. The Labute approximate surface area is 190 Å². The van der Waals surface area contributed by atoms with Gasteiger partial charge in [-0.1, -0.05) is 31.3 Å². The molecule has 168 valence electrons. The van der Waals surface area contributed by atoms with E-state index < -0.39 is 4.92 Å². The number of para-hydroxylation sites is 1. The maximum absolute atomic E-state index is 13.2. The molecule has 0 saturated carbocycles. The fraction of sp³-hybridized carbons (Fsp3) is 0.304. The van der Waals surface area contributed by atoms with Crippen molar-refractivity contribution in [1.82, 2.24) is 9.88 Å². The van der Waals surface area contributed by atoms with Gasteiger partial charge >= 0.3 is 0 Å². The molecule has 1 aromatic heterocycles. The van der Waals surface area contributed by atoms with Crippen molar-refractivity contribution in [2.24, 2.45) is 0 Å². The third-order valence-corrected chi connectivity index (χ3v) is 6.19. The van der Waals surface area contributed by atoms with Crippen LogP contribution in [0.15, 0.2) is 48.5 Å². The molecule has 1 heterocycles. The summed E-state index contributed by atoms with van der Waals surface area (Å²) < 4.78 is 6.36. The largest absolute Gasteiger partial charge is 0.494 e. The molecule has 0 saturated heterocycles. The van der Waals surface area contributed by atoms with Crippen molar-refractivity contribution in [3.8, 4) is 5.75 Å². The Morgan fingerprint density at radius 2 is 1.88 bits per heavy atom. The van der Waals surface area contributed by atoms with Crippen LogP contribution in [0.4, 0.5) is 10.8 Å². The molecule has 0 aliphatic carbocycles. The van der Waals surface area contributed by atoms with Crippen LogP contribution in [-0.2, 0) is 4.79 Å². The molecule has 0 radical (unpaired) electrons.